The molecule has 0 bridgehead atoms. The van der Waals surface area contributed by atoms with Gasteiger partial charge in [0.1, 0.15) is 6.54 Å². The fraction of sp³-hybridized carbons (Fsp3) is 0.0909. The van der Waals surface area contributed by atoms with Gasteiger partial charge in [-0.2, -0.15) is 0 Å². The van der Waals surface area contributed by atoms with E-state index in [9.17, 15) is 19.7 Å². The molecule has 8 nitrogen and oxygen atoms in total. The number of nitro benzene ring substituents is 1. The summed E-state index contributed by atoms with van der Waals surface area (Å²) >= 11 is 0. The van der Waals surface area contributed by atoms with Crippen LogP contribution in [0.1, 0.15) is 5.56 Å². The Hall–Kier alpha value is -4.20. The molecule has 0 aliphatic carbocycles. The predicted molar refractivity (Wildman–Crippen MR) is 114 cm³/mol. The van der Waals surface area contributed by atoms with Gasteiger partial charge in [0.15, 0.2) is 0 Å². The lowest BCUT2D eigenvalue weighted by atomic mass is 10.2. The summed E-state index contributed by atoms with van der Waals surface area (Å²) < 4.78 is 0. The van der Waals surface area contributed by atoms with Crippen molar-refractivity contribution in [1.29, 1.82) is 0 Å². The third-order valence-corrected chi connectivity index (χ3v) is 4.22. The van der Waals surface area contributed by atoms with Crippen LogP contribution in [0.3, 0.4) is 0 Å². The zero-order valence-electron chi connectivity index (χ0n) is 16.0. The molecule has 0 fully saturated rings. The van der Waals surface area contributed by atoms with E-state index in [2.05, 4.69) is 10.6 Å². The molecule has 30 heavy (non-hydrogen) atoms. The summed E-state index contributed by atoms with van der Waals surface area (Å²) in [5.41, 5.74) is 1.82. The van der Waals surface area contributed by atoms with Gasteiger partial charge in [-0.05, 0) is 29.8 Å². The van der Waals surface area contributed by atoms with Crippen molar-refractivity contribution in [2.24, 2.45) is 0 Å². The van der Waals surface area contributed by atoms with Crippen molar-refractivity contribution in [3.05, 3.63) is 101 Å². The van der Waals surface area contributed by atoms with Crippen molar-refractivity contribution >= 4 is 29.0 Å². The minimum Gasteiger partial charge on any atom is -0.325 e. The molecule has 0 saturated carbocycles. The summed E-state index contributed by atoms with van der Waals surface area (Å²) in [6.07, 6.45) is 0. The molecule has 0 aliphatic rings. The Kier molecular flexibility index (Phi) is 6.73. The summed E-state index contributed by atoms with van der Waals surface area (Å²) in [5.74, 6) is -0.337. The fourth-order valence-corrected chi connectivity index (χ4v) is 2.77. The molecule has 0 aromatic heterocycles. The van der Waals surface area contributed by atoms with Crippen molar-refractivity contribution in [1.82, 2.24) is 4.90 Å². The van der Waals surface area contributed by atoms with Crippen molar-refractivity contribution in [2.75, 3.05) is 17.2 Å². The molecule has 0 unspecified atom stereocenters. The van der Waals surface area contributed by atoms with Gasteiger partial charge in [-0.1, -0.05) is 48.5 Å². The highest BCUT2D eigenvalue weighted by Gasteiger charge is 2.18. The predicted octanol–water partition coefficient (Wildman–Crippen LogP) is 4.27. The van der Waals surface area contributed by atoms with Gasteiger partial charge in [0.25, 0.3) is 5.69 Å². The van der Waals surface area contributed by atoms with E-state index >= 15 is 0 Å². The van der Waals surface area contributed by atoms with Crippen LogP contribution in [0.5, 0.6) is 0 Å². The molecule has 0 spiro atoms. The van der Waals surface area contributed by atoms with Crippen LogP contribution >= 0.6 is 0 Å². The van der Waals surface area contributed by atoms with E-state index in [-0.39, 0.29) is 24.7 Å². The van der Waals surface area contributed by atoms with Crippen molar-refractivity contribution in [2.45, 2.75) is 6.54 Å². The zero-order chi connectivity index (χ0) is 21.3. The fourth-order valence-electron chi connectivity index (χ4n) is 2.77. The molecular formula is C22H20N4O4. The summed E-state index contributed by atoms with van der Waals surface area (Å²) in [6.45, 7) is 0.0600. The quantitative estimate of drug-likeness (QED) is 0.453. The molecule has 3 amide bonds. The number of carbonyl (C=O) groups excluding carboxylic acids is 2. The number of nitrogens with zero attached hydrogens (tertiary/aromatic N) is 2. The van der Waals surface area contributed by atoms with Gasteiger partial charge in [-0.15, -0.1) is 0 Å². The average Bonchev–Trinajstić information content (AvgIpc) is 2.75. The van der Waals surface area contributed by atoms with Gasteiger partial charge in [0.05, 0.1) is 4.92 Å². The first-order valence-corrected chi connectivity index (χ1v) is 9.20. The highest BCUT2D eigenvalue weighted by atomic mass is 16.6. The maximum absolute atomic E-state index is 12.8. The number of anilines is 2. The molecule has 0 radical (unpaired) electrons. The zero-order valence-corrected chi connectivity index (χ0v) is 16.0. The maximum atomic E-state index is 12.8. The van der Waals surface area contributed by atoms with Crippen LogP contribution in [-0.2, 0) is 11.3 Å². The van der Waals surface area contributed by atoms with Crippen LogP contribution in [-0.4, -0.2) is 28.3 Å². The molecule has 3 aromatic carbocycles. The summed E-state index contributed by atoms with van der Waals surface area (Å²) in [6, 6.07) is 23.3. The molecule has 3 rings (SSSR count). The molecule has 2 N–H and O–H groups in total. The van der Waals surface area contributed by atoms with Gasteiger partial charge in [0.2, 0.25) is 5.91 Å². The van der Waals surface area contributed by atoms with E-state index in [0.29, 0.717) is 11.4 Å². The van der Waals surface area contributed by atoms with Crippen LogP contribution in [0.25, 0.3) is 0 Å². The van der Waals surface area contributed by atoms with Crippen molar-refractivity contribution in [3.8, 4) is 0 Å². The molecule has 8 heteroatoms. The number of carbonyl (C=O) groups is 2. The molecule has 0 saturated heterocycles. The van der Waals surface area contributed by atoms with E-state index in [1.165, 1.54) is 29.2 Å². The molecule has 0 atom stereocenters. The number of para-hydroxylation sites is 1. The molecule has 152 valence electrons. The standard InChI is InChI=1S/C22H20N4O4/c27-21(23-18-9-5-2-6-10-18)16-25(15-17-7-3-1-4-8-17)22(28)24-19-11-13-20(14-12-19)26(29)30/h1-14H,15-16H2,(H,23,27)(H,24,28). The second-order valence-corrected chi connectivity index (χ2v) is 6.49. The number of non-ortho nitro benzene ring substituents is 1. The largest absolute Gasteiger partial charge is 0.325 e. The Labute approximate surface area is 173 Å². The lowest BCUT2D eigenvalue weighted by Gasteiger charge is -2.23. The van der Waals surface area contributed by atoms with Gasteiger partial charge in [-0.25, -0.2) is 4.79 Å². The van der Waals surface area contributed by atoms with Gasteiger partial charge in [0, 0.05) is 30.1 Å². The molecular weight excluding hydrogens is 384 g/mol. The number of nitrogens with one attached hydrogen (secondary N) is 2. The van der Waals surface area contributed by atoms with Gasteiger partial charge >= 0.3 is 6.03 Å². The first-order chi connectivity index (χ1) is 14.5. The Balaban J connectivity index is 1.71. The normalized spacial score (nSPS) is 10.1. The minimum absolute atomic E-state index is 0.0728. The number of nitro groups is 1. The minimum atomic E-state index is -0.513. The second-order valence-electron chi connectivity index (χ2n) is 6.49. The first-order valence-electron chi connectivity index (χ1n) is 9.20. The Morgan fingerprint density at radius 1 is 0.800 bits per heavy atom. The van der Waals surface area contributed by atoms with E-state index in [1.54, 1.807) is 24.3 Å². The third-order valence-electron chi connectivity index (χ3n) is 4.22. The SMILES string of the molecule is O=C(CN(Cc1ccccc1)C(=O)Nc1ccc([N+](=O)[O-])cc1)Nc1ccccc1. The van der Waals surface area contributed by atoms with Crippen LogP contribution in [0, 0.1) is 10.1 Å². The topological polar surface area (TPSA) is 105 Å². The summed E-state index contributed by atoms with van der Waals surface area (Å²) in [7, 11) is 0. The average molecular weight is 404 g/mol. The number of hydrogen-bond acceptors (Lipinski definition) is 4. The molecule has 0 heterocycles. The van der Waals surface area contributed by atoms with Gasteiger partial charge < -0.3 is 15.5 Å². The number of amides is 3. The smallest absolute Gasteiger partial charge is 0.322 e. The third kappa shape index (κ3) is 5.90. The van der Waals surface area contributed by atoms with Crippen LogP contribution in [0.15, 0.2) is 84.9 Å². The van der Waals surface area contributed by atoms with Crippen LogP contribution in [0.4, 0.5) is 21.9 Å². The monoisotopic (exact) mass is 404 g/mol. The highest BCUT2D eigenvalue weighted by Crippen LogP contribution is 2.16. The number of urea groups is 1. The Morgan fingerprint density at radius 3 is 1.97 bits per heavy atom. The van der Waals surface area contributed by atoms with E-state index in [4.69, 9.17) is 0 Å². The van der Waals surface area contributed by atoms with Crippen LogP contribution < -0.4 is 10.6 Å². The van der Waals surface area contributed by atoms with E-state index in [1.807, 2.05) is 36.4 Å². The van der Waals surface area contributed by atoms with Crippen molar-refractivity contribution < 1.29 is 14.5 Å². The number of benzene rings is 3. The van der Waals surface area contributed by atoms with E-state index in [0.717, 1.165) is 5.56 Å². The second kappa shape index (κ2) is 9.83. The molecule has 3 aromatic rings. The molecule has 0 aliphatic heterocycles. The Bertz CT molecular complexity index is 1010. The number of rotatable bonds is 7. The highest BCUT2D eigenvalue weighted by molar-refractivity contribution is 5.97. The Morgan fingerprint density at radius 2 is 1.37 bits per heavy atom. The first kappa shape index (κ1) is 20.5. The van der Waals surface area contributed by atoms with Crippen molar-refractivity contribution in [3.63, 3.8) is 0 Å². The summed E-state index contributed by atoms with van der Waals surface area (Å²) in [5, 5.41) is 16.2. The van der Waals surface area contributed by atoms with Crippen LogP contribution in [0.2, 0.25) is 0 Å². The van der Waals surface area contributed by atoms with Gasteiger partial charge in [-0.3, -0.25) is 14.9 Å². The lowest BCUT2D eigenvalue weighted by molar-refractivity contribution is -0.384. The summed E-state index contributed by atoms with van der Waals surface area (Å²) in [4.78, 5) is 36.9. The van der Waals surface area contributed by atoms with E-state index < -0.39 is 11.0 Å². The number of hydrogen-bond donors (Lipinski definition) is 2. The maximum Gasteiger partial charge on any atom is 0.322 e. The lowest BCUT2D eigenvalue weighted by Crippen LogP contribution is -2.40.